The molecule has 29 heavy (non-hydrogen) atoms. The summed E-state index contributed by atoms with van der Waals surface area (Å²) < 4.78 is 6.91. The van der Waals surface area contributed by atoms with Gasteiger partial charge in [-0.25, -0.2) is 0 Å². The largest absolute Gasteiger partial charge is 0.456 e. The van der Waals surface area contributed by atoms with Crippen LogP contribution in [-0.4, -0.2) is 28.3 Å². The summed E-state index contributed by atoms with van der Waals surface area (Å²) in [5.74, 6) is -0.842. The van der Waals surface area contributed by atoms with Crippen molar-refractivity contribution in [1.82, 2.24) is 9.78 Å². The van der Waals surface area contributed by atoms with E-state index in [0.717, 1.165) is 48.2 Å². The van der Waals surface area contributed by atoms with Crippen molar-refractivity contribution in [3.63, 3.8) is 0 Å². The molecule has 3 rings (SSSR count). The molecule has 8 heteroatoms. The third-order valence-electron chi connectivity index (χ3n) is 5.39. The maximum absolute atomic E-state index is 12.2. The Morgan fingerprint density at radius 3 is 2.72 bits per heavy atom. The van der Waals surface area contributed by atoms with E-state index in [2.05, 4.69) is 16.5 Å². The first kappa shape index (κ1) is 21.1. The topological polar surface area (TPSA) is 97.0 Å². The van der Waals surface area contributed by atoms with Gasteiger partial charge in [0.05, 0.1) is 11.3 Å². The fourth-order valence-corrected chi connectivity index (χ4v) is 4.99. The molecule has 1 aliphatic rings. The molecule has 0 radical (unpaired) electrons. The zero-order valence-corrected chi connectivity index (χ0v) is 17.9. The molecule has 154 valence electrons. The lowest BCUT2D eigenvalue weighted by molar-refractivity contribution is -0.147. The van der Waals surface area contributed by atoms with Crippen LogP contribution in [0.25, 0.3) is 0 Å². The number of fused-ring (bicyclic) bond motifs is 1. The number of ether oxygens (including phenoxy) is 1. The lowest BCUT2D eigenvalue weighted by Crippen LogP contribution is -2.21. The van der Waals surface area contributed by atoms with Crippen LogP contribution in [0.4, 0.5) is 5.00 Å². The Balaban J connectivity index is 1.52. The zero-order valence-electron chi connectivity index (χ0n) is 17.1. The van der Waals surface area contributed by atoms with Gasteiger partial charge >= 0.3 is 5.97 Å². The van der Waals surface area contributed by atoms with Crippen molar-refractivity contribution in [2.24, 2.45) is 7.05 Å². The summed E-state index contributed by atoms with van der Waals surface area (Å²) in [6, 6.07) is 2.23. The summed E-state index contributed by atoms with van der Waals surface area (Å²) in [6.07, 6.45) is 5.90. The number of anilines is 1. The van der Waals surface area contributed by atoms with Crippen molar-refractivity contribution in [3.05, 3.63) is 33.0 Å². The van der Waals surface area contributed by atoms with Crippen molar-refractivity contribution in [2.75, 3.05) is 11.9 Å². The molecule has 1 amide bonds. The molecule has 1 N–H and O–H groups in total. The second-order valence-corrected chi connectivity index (χ2v) is 8.47. The van der Waals surface area contributed by atoms with E-state index in [1.54, 1.807) is 4.68 Å². The van der Waals surface area contributed by atoms with Gasteiger partial charge in [0, 0.05) is 24.0 Å². The molecule has 7 nitrogen and oxygen atoms in total. The van der Waals surface area contributed by atoms with E-state index >= 15 is 0 Å². The van der Waals surface area contributed by atoms with Crippen LogP contribution in [0.1, 0.15) is 58.6 Å². The molecule has 0 saturated carbocycles. The Bertz CT molecular complexity index is 968. The van der Waals surface area contributed by atoms with E-state index in [1.807, 2.05) is 20.9 Å². The number of carbonyl (C=O) groups is 2. The number of thiophene rings is 1. The number of hydrogen-bond donors (Lipinski definition) is 1. The fourth-order valence-electron chi connectivity index (χ4n) is 3.74. The van der Waals surface area contributed by atoms with E-state index in [1.165, 1.54) is 22.6 Å². The third kappa shape index (κ3) is 4.85. The summed E-state index contributed by atoms with van der Waals surface area (Å²) >= 11 is 1.47. The van der Waals surface area contributed by atoms with Gasteiger partial charge in [-0.3, -0.25) is 14.3 Å². The number of esters is 1. The number of amides is 1. The van der Waals surface area contributed by atoms with Gasteiger partial charge in [-0.15, -0.1) is 11.3 Å². The second-order valence-electron chi connectivity index (χ2n) is 7.36. The molecular formula is C21H26N4O3S. The number of nitriles is 1. The quantitative estimate of drug-likeness (QED) is 0.577. The number of carbonyl (C=O) groups excluding carboxylic acids is 2. The summed E-state index contributed by atoms with van der Waals surface area (Å²) in [7, 11) is 1.87. The van der Waals surface area contributed by atoms with E-state index in [0.29, 0.717) is 17.0 Å². The molecule has 2 aromatic heterocycles. The van der Waals surface area contributed by atoms with Gasteiger partial charge in [0.2, 0.25) is 0 Å². The Morgan fingerprint density at radius 2 is 2.03 bits per heavy atom. The SMILES string of the molecule is Cc1nn(C)c(C)c1CCC(=O)OCC(=O)Nc1sc2c(c1C#N)CCCCC2. The fraction of sp³-hybridized carbons (Fsp3) is 0.524. The molecule has 0 bridgehead atoms. The van der Waals surface area contributed by atoms with Crippen molar-refractivity contribution in [1.29, 1.82) is 5.26 Å². The molecule has 0 spiro atoms. The van der Waals surface area contributed by atoms with E-state index in [-0.39, 0.29) is 13.0 Å². The van der Waals surface area contributed by atoms with Gasteiger partial charge in [0.1, 0.15) is 11.1 Å². The number of rotatable bonds is 6. The molecular weight excluding hydrogens is 388 g/mol. The highest BCUT2D eigenvalue weighted by atomic mass is 32.1. The average Bonchev–Trinajstić information content (AvgIpc) is 3.01. The Hall–Kier alpha value is -2.66. The molecule has 0 aromatic carbocycles. The van der Waals surface area contributed by atoms with Crippen LogP contribution in [-0.2, 0) is 40.6 Å². The maximum Gasteiger partial charge on any atom is 0.306 e. The van der Waals surface area contributed by atoms with Gasteiger partial charge in [-0.05, 0) is 57.1 Å². The molecule has 0 fully saturated rings. The van der Waals surface area contributed by atoms with Crippen molar-refractivity contribution >= 4 is 28.2 Å². The van der Waals surface area contributed by atoms with Crippen LogP contribution in [0.2, 0.25) is 0 Å². The van der Waals surface area contributed by atoms with E-state index in [9.17, 15) is 14.9 Å². The number of aryl methyl sites for hydroxylation is 3. The standard InChI is InChI=1S/C21H26N4O3S/c1-13-15(14(2)25(3)24-13)9-10-20(27)28-12-19(26)23-21-17(11-22)16-7-5-4-6-8-18(16)29-21/h4-10,12H2,1-3H3,(H,23,26). The summed E-state index contributed by atoms with van der Waals surface area (Å²) in [5, 5.41) is 17.2. The van der Waals surface area contributed by atoms with Crippen LogP contribution in [0.3, 0.4) is 0 Å². The van der Waals surface area contributed by atoms with Crippen molar-refractivity contribution < 1.29 is 14.3 Å². The zero-order chi connectivity index (χ0) is 21.0. The predicted molar refractivity (Wildman–Crippen MR) is 111 cm³/mol. The van der Waals surface area contributed by atoms with Crippen LogP contribution in [0.15, 0.2) is 0 Å². The number of hydrogen-bond acceptors (Lipinski definition) is 6. The van der Waals surface area contributed by atoms with E-state index in [4.69, 9.17) is 4.74 Å². The van der Waals surface area contributed by atoms with Gasteiger partial charge < -0.3 is 10.1 Å². The van der Waals surface area contributed by atoms with Crippen molar-refractivity contribution in [2.45, 2.75) is 58.8 Å². The minimum absolute atomic E-state index is 0.192. The molecule has 0 unspecified atom stereocenters. The van der Waals surface area contributed by atoms with Crippen LogP contribution in [0.5, 0.6) is 0 Å². The molecule has 0 aliphatic heterocycles. The first-order valence-corrected chi connectivity index (χ1v) is 10.7. The highest BCUT2D eigenvalue weighted by Crippen LogP contribution is 2.36. The van der Waals surface area contributed by atoms with Gasteiger partial charge in [-0.1, -0.05) is 6.42 Å². The molecule has 2 aromatic rings. The lowest BCUT2D eigenvalue weighted by Gasteiger charge is -2.06. The number of aromatic nitrogens is 2. The summed E-state index contributed by atoms with van der Waals surface area (Å²) in [4.78, 5) is 25.5. The van der Waals surface area contributed by atoms with Crippen molar-refractivity contribution in [3.8, 4) is 6.07 Å². The Kier molecular flexibility index (Phi) is 6.70. The Morgan fingerprint density at radius 1 is 1.28 bits per heavy atom. The van der Waals surface area contributed by atoms with Crippen LogP contribution >= 0.6 is 11.3 Å². The summed E-state index contributed by atoms with van der Waals surface area (Å²) in [5.41, 5.74) is 4.60. The minimum Gasteiger partial charge on any atom is -0.456 e. The smallest absolute Gasteiger partial charge is 0.306 e. The minimum atomic E-state index is -0.426. The van der Waals surface area contributed by atoms with Crippen LogP contribution in [0, 0.1) is 25.2 Å². The van der Waals surface area contributed by atoms with Crippen LogP contribution < -0.4 is 5.32 Å². The second kappa shape index (κ2) is 9.23. The molecule has 2 heterocycles. The van der Waals surface area contributed by atoms with Gasteiger partial charge in [-0.2, -0.15) is 10.4 Å². The monoisotopic (exact) mass is 414 g/mol. The number of nitrogens with zero attached hydrogens (tertiary/aromatic N) is 3. The number of nitrogens with one attached hydrogen (secondary N) is 1. The highest BCUT2D eigenvalue weighted by Gasteiger charge is 2.21. The highest BCUT2D eigenvalue weighted by molar-refractivity contribution is 7.16. The van der Waals surface area contributed by atoms with E-state index < -0.39 is 11.9 Å². The maximum atomic E-state index is 12.2. The van der Waals surface area contributed by atoms with Gasteiger partial charge in [0.25, 0.3) is 5.91 Å². The first-order chi connectivity index (χ1) is 13.9. The normalized spacial score (nSPS) is 13.3. The predicted octanol–water partition coefficient (Wildman–Crippen LogP) is 3.35. The molecule has 1 aliphatic carbocycles. The lowest BCUT2D eigenvalue weighted by atomic mass is 10.1. The Labute approximate surface area is 174 Å². The average molecular weight is 415 g/mol. The third-order valence-corrected chi connectivity index (χ3v) is 6.60. The molecule has 0 atom stereocenters. The summed E-state index contributed by atoms with van der Waals surface area (Å²) in [6.45, 7) is 3.53. The molecule has 0 saturated heterocycles. The first-order valence-electron chi connectivity index (χ1n) is 9.90. The van der Waals surface area contributed by atoms with Gasteiger partial charge in [0.15, 0.2) is 6.61 Å².